The van der Waals surface area contributed by atoms with Gasteiger partial charge in [-0.25, -0.2) is 0 Å². The fraction of sp³-hybridized carbons (Fsp3) is 0.933. The van der Waals surface area contributed by atoms with Crippen molar-refractivity contribution in [3.63, 3.8) is 0 Å². The van der Waals surface area contributed by atoms with E-state index in [1.54, 1.807) is 0 Å². The topological polar surface area (TPSA) is 44.8 Å². The summed E-state index contributed by atoms with van der Waals surface area (Å²) in [5.41, 5.74) is -0.551. The number of likely N-dealkylation sites (N-methyl/N-ethyl adjacent to an activating group) is 2. The van der Waals surface area contributed by atoms with Gasteiger partial charge in [0.1, 0.15) is 5.54 Å². The fourth-order valence-corrected chi connectivity index (χ4v) is 2.97. The molecule has 5 nitrogen and oxygen atoms in total. The van der Waals surface area contributed by atoms with E-state index < -0.39 is 5.54 Å². The average molecular weight is 285 g/mol. The van der Waals surface area contributed by atoms with E-state index in [0.717, 1.165) is 32.5 Å². The van der Waals surface area contributed by atoms with Crippen LogP contribution in [0, 0.1) is 0 Å². The summed E-state index contributed by atoms with van der Waals surface area (Å²) < 4.78 is 4.92. The van der Waals surface area contributed by atoms with E-state index in [2.05, 4.69) is 29.2 Å². The molecule has 1 aliphatic rings. The molecule has 20 heavy (non-hydrogen) atoms. The van der Waals surface area contributed by atoms with Gasteiger partial charge < -0.3 is 19.9 Å². The van der Waals surface area contributed by atoms with Gasteiger partial charge in [0.25, 0.3) is 0 Å². The highest BCUT2D eigenvalue weighted by atomic mass is 16.5. The number of likely N-dealkylation sites (tertiary alicyclic amines) is 1. The number of methoxy groups -OCH3 is 1. The van der Waals surface area contributed by atoms with Crippen molar-refractivity contribution in [2.24, 2.45) is 0 Å². The summed E-state index contributed by atoms with van der Waals surface area (Å²) >= 11 is 0. The molecule has 1 saturated heterocycles. The van der Waals surface area contributed by atoms with Gasteiger partial charge in [0.05, 0.1) is 7.11 Å². The van der Waals surface area contributed by atoms with Gasteiger partial charge in [-0.15, -0.1) is 0 Å². The number of nitrogens with zero attached hydrogens (tertiary/aromatic N) is 2. The third-order valence-corrected chi connectivity index (χ3v) is 4.33. The van der Waals surface area contributed by atoms with Crippen LogP contribution in [-0.2, 0) is 9.53 Å². The van der Waals surface area contributed by atoms with Crippen LogP contribution in [0.25, 0.3) is 0 Å². The van der Waals surface area contributed by atoms with Gasteiger partial charge >= 0.3 is 5.97 Å². The predicted octanol–water partition coefficient (Wildman–Crippen LogP) is 0.944. The van der Waals surface area contributed by atoms with Crippen molar-refractivity contribution in [3.8, 4) is 0 Å². The Morgan fingerprint density at radius 2 is 2.20 bits per heavy atom. The summed E-state index contributed by atoms with van der Waals surface area (Å²) in [6, 6.07) is 0.677. The lowest BCUT2D eigenvalue weighted by atomic mass is 9.95. The van der Waals surface area contributed by atoms with Gasteiger partial charge in [-0.3, -0.25) is 4.79 Å². The number of esters is 1. The smallest absolute Gasteiger partial charge is 0.325 e. The molecular weight excluding hydrogens is 254 g/mol. The highest BCUT2D eigenvalue weighted by Crippen LogP contribution is 2.18. The minimum Gasteiger partial charge on any atom is -0.468 e. The van der Waals surface area contributed by atoms with E-state index in [-0.39, 0.29) is 5.97 Å². The number of rotatable bonds is 8. The van der Waals surface area contributed by atoms with Gasteiger partial charge in [-0.1, -0.05) is 6.92 Å². The summed E-state index contributed by atoms with van der Waals surface area (Å²) in [6.07, 6.45) is 3.07. The number of carbonyl (C=O) groups is 1. The fourth-order valence-electron chi connectivity index (χ4n) is 2.97. The highest BCUT2D eigenvalue weighted by molar-refractivity contribution is 5.80. The largest absolute Gasteiger partial charge is 0.468 e. The van der Waals surface area contributed by atoms with E-state index in [1.807, 2.05) is 13.8 Å². The molecule has 0 radical (unpaired) electrons. The van der Waals surface area contributed by atoms with Crippen LogP contribution in [0.4, 0.5) is 0 Å². The molecule has 5 heteroatoms. The molecule has 0 aliphatic carbocycles. The zero-order valence-corrected chi connectivity index (χ0v) is 13.7. The summed E-state index contributed by atoms with van der Waals surface area (Å²) in [5.74, 6) is -0.160. The Kier molecular flexibility index (Phi) is 6.92. The monoisotopic (exact) mass is 285 g/mol. The first-order valence-electron chi connectivity index (χ1n) is 7.65. The normalized spacial score (nSPS) is 23.0. The number of hydrogen-bond donors (Lipinski definition) is 1. The first kappa shape index (κ1) is 17.4. The van der Waals surface area contributed by atoms with E-state index in [9.17, 15) is 4.79 Å². The van der Waals surface area contributed by atoms with Crippen molar-refractivity contribution in [3.05, 3.63) is 0 Å². The van der Waals surface area contributed by atoms with E-state index >= 15 is 0 Å². The molecule has 2 unspecified atom stereocenters. The molecular formula is C15H31N3O2. The molecule has 0 aromatic heterocycles. The molecule has 0 amide bonds. The molecule has 0 bridgehead atoms. The second-order valence-corrected chi connectivity index (χ2v) is 6.16. The van der Waals surface area contributed by atoms with Crippen molar-refractivity contribution in [2.75, 3.05) is 47.4 Å². The molecule has 1 fully saturated rings. The average Bonchev–Trinajstić information content (AvgIpc) is 2.87. The van der Waals surface area contributed by atoms with Crippen molar-refractivity contribution in [1.29, 1.82) is 0 Å². The molecule has 0 aromatic carbocycles. The van der Waals surface area contributed by atoms with Crippen molar-refractivity contribution in [1.82, 2.24) is 15.1 Å². The number of hydrogen-bond acceptors (Lipinski definition) is 5. The molecule has 0 saturated carbocycles. The predicted molar refractivity (Wildman–Crippen MR) is 81.9 cm³/mol. The summed E-state index contributed by atoms with van der Waals surface area (Å²) in [7, 11) is 5.75. The summed E-state index contributed by atoms with van der Waals surface area (Å²) in [4.78, 5) is 16.7. The van der Waals surface area contributed by atoms with Crippen LogP contribution >= 0.6 is 0 Å². The van der Waals surface area contributed by atoms with E-state index in [4.69, 9.17) is 4.74 Å². The van der Waals surface area contributed by atoms with Crippen LogP contribution in [0.1, 0.15) is 33.1 Å². The van der Waals surface area contributed by atoms with Crippen LogP contribution in [0.3, 0.4) is 0 Å². The van der Waals surface area contributed by atoms with Gasteiger partial charge in [-0.05, 0) is 59.9 Å². The molecule has 2 atom stereocenters. The Bertz CT molecular complexity index is 309. The Labute approximate surface area is 123 Å². The lowest BCUT2D eigenvalue weighted by molar-refractivity contribution is -0.148. The molecule has 1 aliphatic heterocycles. The Hall–Kier alpha value is -0.650. The third-order valence-electron chi connectivity index (χ3n) is 4.33. The zero-order valence-electron chi connectivity index (χ0n) is 13.7. The van der Waals surface area contributed by atoms with Crippen LogP contribution in [0.5, 0.6) is 0 Å². The zero-order chi connectivity index (χ0) is 15.2. The number of nitrogens with one attached hydrogen (secondary N) is 1. The first-order chi connectivity index (χ1) is 9.42. The Balaban J connectivity index is 2.36. The minimum atomic E-state index is -0.551. The van der Waals surface area contributed by atoms with Crippen molar-refractivity contribution in [2.45, 2.75) is 44.7 Å². The van der Waals surface area contributed by atoms with Crippen molar-refractivity contribution < 1.29 is 9.53 Å². The van der Waals surface area contributed by atoms with E-state index in [0.29, 0.717) is 6.04 Å². The summed E-state index contributed by atoms with van der Waals surface area (Å²) in [6.45, 7) is 8.10. The van der Waals surface area contributed by atoms with Gasteiger partial charge in [-0.2, -0.15) is 0 Å². The second-order valence-electron chi connectivity index (χ2n) is 6.16. The molecule has 1 heterocycles. The van der Waals surface area contributed by atoms with Gasteiger partial charge in [0.15, 0.2) is 0 Å². The first-order valence-corrected chi connectivity index (χ1v) is 7.65. The lowest BCUT2D eigenvalue weighted by Gasteiger charge is -2.28. The lowest BCUT2D eigenvalue weighted by Crippen LogP contribution is -2.50. The second kappa shape index (κ2) is 7.96. The SMILES string of the molecule is CCNC(C)(CCCN1CCC(N(C)C)C1)C(=O)OC. The molecule has 118 valence electrons. The molecule has 1 rings (SSSR count). The third kappa shape index (κ3) is 4.72. The molecule has 0 spiro atoms. The molecule has 0 aromatic rings. The van der Waals surface area contributed by atoms with Gasteiger partial charge in [0.2, 0.25) is 0 Å². The summed E-state index contributed by atoms with van der Waals surface area (Å²) in [5, 5.41) is 3.26. The van der Waals surface area contributed by atoms with E-state index in [1.165, 1.54) is 20.1 Å². The van der Waals surface area contributed by atoms with Crippen LogP contribution in [-0.4, -0.2) is 74.7 Å². The van der Waals surface area contributed by atoms with Crippen LogP contribution in [0.2, 0.25) is 0 Å². The van der Waals surface area contributed by atoms with Crippen LogP contribution in [0.15, 0.2) is 0 Å². The maximum atomic E-state index is 11.9. The van der Waals surface area contributed by atoms with Crippen LogP contribution < -0.4 is 5.32 Å². The maximum Gasteiger partial charge on any atom is 0.325 e. The van der Waals surface area contributed by atoms with Gasteiger partial charge in [0, 0.05) is 12.6 Å². The Morgan fingerprint density at radius 1 is 1.50 bits per heavy atom. The minimum absolute atomic E-state index is 0.160. The number of ether oxygens (including phenoxy) is 1. The maximum absolute atomic E-state index is 11.9. The standard InChI is InChI=1S/C15H31N3O2/c1-6-16-15(2,14(19)20-5)9-7-10-18-11-8-13(12-18)17(3)4/h13,16H,6-12H2,1-5H3. The van der Waals surface area contributed by atoms with Crippen molar-refractivity contribution >= 4 is 5.97 Å². The number of carbonyl (C=O) groups excluding carboxylic acids is 1. The molecule has 1 N–H and O–H groups in total. The Morgan fingerprint density at radius 3 is 2.70 bits per heavy atom. The highest BCUT2D eigenvalue weighted by Gasteiger charge is 2.33. The quantitative estimate of drug-likeness (QED) is 0.673.